The number of rotatable bonds is 11. The standard InChI is InChI=1S/C27H39NO3/c1-8-9-12-20(23-15-11-16-24(30-6)27(23)31-7)17-25(29)28-26-21(18(2)3)13-10-14-22(26)19(4)5/h10-11,13-16,18-20H,8-9,12,17H2,1-7H3,(H,28,29). The van der Waals surface area contributed by atoms with E-state index >= 15 is 0 Å². The summed E-state index contributed by atoms with van der Waals surface area (Å²) in [7, 11) is 3.30. The van der Waals surface area contributed by atoms with Gasteiger partial charge in [0, 0.05) is 17.7 Å². The Labute approximate surface area is 188 Å². The second kappa shape index (κ2) is 11.8. The fourth-order valence-electron chi connectivity index (χ4n) is 4.16. The van der Waals surface area contributed by atoms with Gasteiger partial charge in [0.25, 0.3) is 0 Å². The van der Waals surface area contributed by atoms with Crippen LogP contribution in [0.3, 0.4) is 0 Å². The van der Waals surface area contributed by atoms with Gasteiger partial charge in [0.1, 0.15) is 0 Å². The SMILES string of the molecule is CCCCC(CC(=O)Nc1c(C(C)C)cccc1C(C)C)c1cccc(OC)c1OC. The van der Waals surface area contributed by atoms with E-state index in [1.54, 1.807) is 14.2 Å². The molecule has 1 N–H and O–H groups in total. The van der Waals surface area contributed by atoms with Gasteiger partial charge in [-0.3, -0.25) is 4.79 Å². The molecule has 0 bridgehead atoms. The fourth-order valence-corrected chi connectivity index (χ4v) is 4.16. The van der Waals surface area contributed by atoms with E-state index < -0.39 is 0 Å². The zero-order chi connectivity index (χ0) is 23.0. The Hall–Kier alpha value is -2.49. The van der Waals surface area contributed by atoms with Crippen molar-refractivity contribution in [3.05, 3.63) is 53.1 Å². The van der Waals surface area contributed by atoms with E-state index in [1.165, 1.54) is 11.1 Å². The Morgan fingerprint density at radius 3 is 2.00 bits per heavy atom. The van der Waals surface area contributed by atoms with Crippen LogP contribution in [-0.2, 0) is 4.79 Å². The molecule has 0 spiro atoms. The normalized spacial score (nSPS) is 12.2. The maximum atomic E-state index is 13.3. The predicted octanol–water partition coefficient (Wildman–Crippen LogP) is 7.25. The van der Waals surface area contributed by atoms with E-state index in [9.17, 15) is 4.79 Å². The molecule has 0 saturated heterocycles. The minimum absolute atomic E-state index is 0.0426. The molecule has 0 aliphatic rings. The van der Waals surface area contributed by atoms with Gasteiger partial charge in [-0.05, 0) is 41.4 Å². The molecule has 2 rings (SSSR count). The third kappa shape index (κ3) is 6.25. The molecule has 0 aromatic heterocycles. The van der Waals surface area contributed by atoms with Gasteiger partial charge in [0.2, 0.25) is 5.91 Å². The van der Waals surface area contributed by atoms with Gasteiger partial charge in [0.05, 0.1) is 14.2 Å². The highest BCUT2D eigenvalue weighted by Gasteiger charge is 2.23. The first-order chi connectivity index (χ1) is 14.8. The van der Waals surface area contributed by atoms with Crippen LogP contribution in [0.15, 0.2) is 36.4 Å². The summed E-state index contributed by atoms with van der Waals surface area (Å²) in [5, 5.41) is 3.27. The summed E-state index contributed by atoms with van der Waals surface area (Å²) in [6, 6.07) is 12.2. The van der Waals surface area contributed by atoms with Crippen molar-refractivity contribution >= 4 is 11.6 Å². The van der Waals surface area contributed by atoms with E-state index in [2.05, 4.69) is 64.2 Å². The monoisotopic (exact) mass is 425 g/mol. The lowest BCUT2D eigenvalue weighted by Crippen LogP contribution is -2.19. The van der Waals surface area contributed by atoms with E-state index in [1.807, 2.05) is 12.1 Å². The number of hydrogen-bond acceptors (Lipinski definition) is 3. The molecule has 170 valence electrons. The first-order valence-corrected chi connectivity index (χ1v) is 11.5. The summed E-state index contributed by atoms with van der Waals surface area (Å²) in [5.41, 5.74) is 4.38. The minimum atomic E-state index is 0.0426. The molecule has 0 heterocycles. The van der Waals surface area contributed by atoms with Crippen molar-refractivity contribution < 1.29 is 14.3 Å². The van der Waals surface area contributed by atoms with E-state index in [-0.39, 0.29) is 11.8 Å². The van der Waals surface area contributed by atoms with Crippen molar-refractivity contribution in [2.75, 3.05) is 19.5 Å². The Morgan fingerprint density at radius 2 is 1.48 bits per heavy atom. The number of hydrogen-bond donors (Lipinski definition) is 1. The summed E-state index contributed by atoms with van der Waals surface area (Å²) in [5.74, 6) is 2.21. The fraction of sp³-hybridized carbons (Fsp3) is 0.519. The number of benzene rings is 2. The molecular weight excluding hydrogens is 386 g/mol. The quantitative estimate of drug-likeness (QED) is 0.412. The van der Waals surface area contributed by atoms with Gasteiger partial charge in [0.15, 0.2) is 11.5 Å². The number of carbonyl (C=O) groups excluding carboxylic acids is 1. The molecule has 0 aliphatic carbocycles. The van der Waals surface area contributed by atoms with E-state index in [4.69, 9.17) is 9.47 Å². The number of carbonyl (C=O) groups is 1. The van der Waals surface area contributed by atoms with Crippen LogP contribution in [0.25, 0.3) is 0 Å². The van der Waals surface area contributed by atoms with E-state index in [0.717, 1.165) is 36.3 Å². The van der Waals surface area contributed by atoms with Crippen LogP contribution in [0.2, 0.25) is 0 Å². The molecule has 1 unspecified atom stereocenters. The Kier molecular flexibility index (Phi) is 9.42. The lowest BCUT2D eigenvalue weighted by molar-refractivity contribution is -0.116. The first-order valence-electron chi connectivity index (χ1n) is 11.5. The number of nitrogens with one attached hydrogen (secondary N) is 1. The highest BCUT2D eigenvalue weighted by atomic mass is 16.5. The molecule has 2 aromatic carbocycles. The van der Waals surface area contributed by atoms with Crippen molar-refractivity contribution in [1.29, 1.82) is 0 Å². The number of anilines is 1. The molecular formula is C27H39NO3. The summed E-state index contributed by atoms with van der Waals surface area (Å²) in [6.07, 6.45) is 3.47. The maximum Gasteiger partial charge on any atom is 0.225 e. The molecule has 0 fully saturated rings. The highest BCUT2D eigenvalue weighted by Crippen LogP contribution is 2.39. The zero-order valence-corrected chi connectivity index (χ0v) is 20.2. The Bertz CT molecular complexity index is 831. The average molecular weight is 426 g/mol. The largest absolute Gasteiger partial charge is 0.493 e. The molecule has 1 amide bonds. The Morgan fingerprint density at radius 1 is 0.903 bits per heavy atom. The molecule has 31 heavy (non-hydrogen) atoms. The topological polar surface area (TPSA) is 47.6 Å². The third-order valence-corrected chi connectivity index (χ3v) is 5.85. The van der Waals surface area contributed by atoms with Crippen LogP contribution in [0.5, 0.6) is 11.5 Å². The number of para-hydroxylation sites is 2. The van der Waals surface area contributed by atoms with Crippen LogP contribution in [-0.4, -0.2) is 20.1 Å². The van der Waals surface area contributed by atoms with Crippen LogP contribution >= 0.6 is 0 Å². The second-order valence-electron chi connectivity index (χ2n) is 8.80. The maximum absolute atomic E-state index is 13.3. The predicted molar refractivity (Wildman–Crippen MR) is 130 cm³/mol. The molecule has 4 heteroatoms. The summed E-state index contributed by atoms with van der Waals surface area (Å²) < 4.78 is 11.2. The van der Waals surface area contributed by atoms with Crippen molar-refractivity contribution in [3.63, 3.8) is 0 Å². The zero-order valence-electron chi connectivity index (χ0n) is 20.2. The molecule has 0 radical (unpaired) electrons. The van der Waals surface area contributed by atoms with Crippen molar-refractivity contribution in [1.82, 2.24) is 0 Å². The minimum Gasteiger partial charge on any atom is -0.493 e. The Balaban J connectivity index is 2.35. The number of ether oxygens (including phenoxy) is 2. The average Bonchev–Trinajstić information content (AvgIpc) is 2.75. The first kappa shape index (κ1) is 24.8. The number of methoxy groups -OCH3 is 2. The number of unbranched alkanes of at least 4 members (excludes halogenated alkanes) is 1. The van der Waals surface area contributed by atoms with Gasteiger partial charge >= 0.3 is 0 Å². The summed E-state index contributed by atoms with van der Waals surface area (Å²) in [4.78, 5) is 13.3. The molecule has 0 saturated carbocycles. The summed E-state index contributed by atoms with van der Waals surface area (Å²) >= 11 is 0. The van der Waals surface area contributed by atoms with Crippen molar-refractivity contribution in [2.24, 2.45) is 0 Å². The van der Waals surface area contributed by atoms with Crippen LogP contribution in [0.1, 0.15) is 94.7 Å². The van der Waals surface area contributed by atoms with Gasteiger partial charge in [-0.2, -0.15) is 0 Å². The third-order valence-electron chi connectivity index (χ3n) is 5.85. The lowest BCUT2D eigenvalue weighted by atomic mass is 9.88. The highest BCUT2D eigenvalue weighted by molar-refractivity contribution is 5.93. The van der Waals surface area contributed by atoms with Gasteiger partial charge < -0.3 is 14.8 Å². The molecule has 2 aromatic rings. The van der Waals surface area contributed by atoms with Crippen LogP contribution in [0, 0.1) is 0 Å². The van der Waals surface area contributed by atoms with Crippen LogP contribution in [0.4, 0.5) is 5.69 Å². The second-order valence-corrected chi connectivity index (χ2v) is 8.80. The molecule has 0 aliphatic heterocycles. The number of amides is 1. The molecule has 1 atom stereocenters. The van der Waals surface area contributed by atoms with E-state index in [0.29, 0.717) is 24.0 Å². The smallest absolute Gasteiger partial charge is 0.225 e. The summed E-state index contributed by atoms with van der Waals surface area (Å²) in [6.45, 7) is 10.8. The van der Waals surface area contributed by atoms with Crippen molar-refractivity contribution in [3.8, 4) is 11.5 Å². The van der Waals surface area contributed by atoms with Gasteiger partial charge in [-0.25, -0.2) is 0 Å². The van der Waals surface area contributed by atoms with Crippen LogP contribution < -0.4 is 14.8 Å². The lowest BCUT2D eigenvalue weighted by Gasteiger charge is -2.23. The van der Waals surface area contributed by atoms with Gasteiger partial charge in [-0.15, -0.1) is 0 Å². The van der Waals surface area contributed by atoms with Gasteiger partial charge in [-0.1, -0.05) is 77.8 Å². The molecule has 4 nitrogen and oxygen atoms in total. The van der Waals surface area contributed by atoms with Crippen molar-refractivity contribution in [2.45, 2.75) is 78.1 Å².